The van der Waals surface area contributed by atoms with Crippen molar-refractivity contribution in [1.29, 1.82) is 0 Å². The molecule has 8 heteroatoms. The second-order valence-electron chi connectivity index (χ2n) is 6.63. The number of aromatic amines is 1. The highest BCUT2D eigenvalue weighted by molar-refractivity contribution is 5.98. The van der Waals surface area contributed by atoms with Crippen molar-refractivity contribution in [3.63, 3.8) is 0 Å². The van der Waals surface area contributed by atoms with Gasteiger partial charge in [-0.1, -0.05) is 6.07 Å². The van der Waals surface area contributed by atoms with E-state index in [-0.39, 0.29) is 5.56 Å². The SMILES string of the molecule is COc1cc2[nH]c(=O)c(N3CCN(c4ccccn4)CC3)c(N)c2cc1OC. The lowest BCUT2D eigenvalue weighted by Gasteiger charge is -2.36. The quantitative estimate of drug-likeness (QED) is 0.712. The monoisotopic (exact) mass is 381 g/mol. The molecule has 0 radical (unpaired) electrons. The zero-order valence-electron chi connectivity index (χ0n) is 15.9. The number of aromatic nitrogens is 2. The molecule has 146 valence electrons. The average Bonchev–Trinajstić information content (AvgIpc) is 2.74. The number of nitrogens with zero attached hydrogens (tertiary/aromatic N) is 3. The van der Waals surface area contributed by atoms with Crippen LogP contribution in [0.15, 0.2) is 41.3 Å². The van der Waals surface area contributed by atoms with Crippen LogP contribution in [0.3, 0.4) is 0 Å². The number of benzene rings is 1. The minimum absolute atomic E-state index is 0.205. The standard InChI is InChI=1S/C20H23N5O3/c1-27-15-11-13-14(12-16(15)28-2)23-20(26)19(18(13)21)25-9-7-24(8-10-25)17-5-3-4-6-22-17/h3-6,11-12H,7-10H2,1-2H3,(H3,21,23,26). The van der Waals surface area contributed by atoms with Crippen LogP contribution in [0.25, 0.3) is 10.9 Å². The molecule has 0 atom stereocenters. The van der Waals surface area contributed by atoms with E-state index < -0.39 is 0 Å². The highest BCUT2D eigenvalue weighted by Crippen LogP contribution is 2.36. The van der Waals surface area contributed by atoms with E-state index in [4.69, 9.17) is 15.2 Å². The number of fused-ring (bicyclic) bond motifs is 1. The van der Waals surface area contributed by atoms with Crippen molar-refractivity contribution >= 4 is 28.1 Å². The van der Waals surface area contributed by atoms with Gasteiger partial charge in [-0.15, -0.1) is 0 Å². The second-order valence-corrected chi connectivity index (χ2v) is 6.63. The molecule has 1 fully saturated rings. The van der Waals surface area contributed by atoms with Crippen molar-refractivity contribution in [3.8, 4) is 11.5 Å². The molecule has 0 bridgehead atoms. The van der Waals surface area contributed by atoms with Crippen LogP contribution in [-0.2, 0) is 0 Å². The van der Waals surface area contributed by atoms with E-state index in [1.807, 2.05) is 23.1 Å². The van der Waals surface area contributed by atoms with Crippen molar-refractivity contribution in [2.24, 2.45) is 0 Å². The molecule has 2 aromatic heterocycles. The molecule has 0 amide bonds. The van der Waals surface area contributed by atoms with Gasteiger partial charge in [0.2, 0.25) is 0 Å². The van der Waals surface area contributed by atoms with E-state index in [0.717, 1.165) is 24.3 Å². The van der Waals surface area contributed by atoms with Crippen molar-refractivity contribution in [1.82, 2.24) is 9.97 Å². The van der Waals surface area contributed by atoms with Crippen molar-refractivity contribution in [2.75, 3.05) is 55.9 Å². The highest BCUT2D eigenvalue weighted by atomic mass is 16.5. The van der Waals surface area contributed by atoms with Crippen LogP contribution >= 0.6 is 0 Å². The van der Waals surface area contributed by atoms with E-state index >= 15 is 0 Å². The molecule has 3 heterocycles. The van der Waals surface area contributed by atoms with Crippen LogP contribution in [-0.4, -0.2) is 50.4 Å². The van der Waals surface area contributed by atoms with E-state index in [9.17, 15) is 4.79 Å². The number of nitrogens with two attached hydrogens (primary N) is 1. The first-order valence-corrected chi connectivity index (χ1v) is 9.10. The fourth-order valence-corrected chi connectivity index (χ4v) is 3.65. The zero-order valence-corrected chi connectivity index (χ0v) is 15.9. The molecule has 3 N–H and O–H groups in total. The Kier molecular flexibility index (Phi) is 4.68. The van der Waals surface area contributed by atoms with Gasteiger partial charge in [0.25, 0.3) is 5.56 Å². The largest absolute Gasteiger partial charge is 0.493 e. The Labute approximate surface area is 162 Å². The summed E-state index contributed by atoms with van der Waals surface area (Å²) in [5, 5.41) is 0.736. The van der Waals surface area contributed by atoms with Gasteiger partial charge in [0.05, 0.1) is 25.4 Å². The molecule has 28 heavy (non-hydrogen) atoms. The molecular formula is C20H23N5O3. The normalized spacial score (nSPS) is 14.4. The summed E-state index contributed by atoms with van der Waals surface area (Å²) in [6, 6.07) is 9.40. The summed E-state index contributed by atoms with van der Waals surface area (Å²) < 4.78 is 10.7. The zero-order chi connectivity index (χ0) is 19.7. The first-order valence-electron chi connectivity index (χ1n) is 9.10. The summed E-state index contributed by atoms with van der Waals surface area (Å²) in [6.45, 7) is 2.89. The van der Waals surface area contributed by atoms with E-state index in [1.54, 1.807) is 32.5 Å². The Morgan fingerprint density at radius 1 is 1.04 bits per heavy atom. The van der Waals surface area contributed by atoms with Gasteiger partial charge < -0.3 is 30.0 Å². The number of pyridine rings is 2. The molecule has 0 saturated carbocycles. The number of nitrogens with one attached hydrogen (secondary N) is 1. The fourth-order valence-electron chi connectivity index (χ4n) is 3.65. The minimum atomic E-state index is -0.205. The molecule has 0 unspecified atom stereocenters. The third kappa shape index (κ3) is 3.06. The molecule has 1 saturated heterocycles. The number of hydrogen-bond donors (Lipinski definition) is 2. The predicted octanol–water partition coefficient (Wildman–Crippen LogP) is 1.85. The molecule has 4 rings (SSSR count). The maximum absolute atomic E-state index is 12.8. The molecular weight excluding hydrogens is 358 g/mol. The van der Waals surface area contributed by atoms with E-state index in [1.165, 1.54) is 0 Å². The smallest absolute Gasteiger partial charge is 0.274 e. The number of ether oxygens (including phenoxy) is 2. The number of methoxy groups -OCH3 is 2. The number of nitrogen functional groups attached to an aromatic ring is 1. The third-order valence-electron chi connectivity index (χ3n) is 5.10. The van der Waals surface area contributed by atoms with Gasteiger partial charge in [-0.05, 0) is 18.2 Å². The molecule has 1 aliphatic rings. The van der Waals surface area contributed by atoms with Crippen LogP contribution in [0, 0.1) is 0 Å². The van der Waals surface area contributed by atoms with Crippen LogP contribution in [0.5, 0.6) is 11.5 Å². The first-order chi connectivity index (χ1) is 13.6. The van der Waals surface area contributed by atoms with Gasteiger partial charge in [0.15, 0.2) is 11.5 Å². The van der Waals surface area contributed by atoms with Gasteiger partial charge in [-0.25, -0.2) is 4.98 Å². The third-order valence-corrected chi connectivity index (χ3v) is 5.10. The number of rotatable bonds is 4. The topological polar surface area (TPSA) is 96.7 Å². The average molecular weight is 381 g/mol. The first kappa shape index (κ1) is 18.0. The number of hydrogen-bond acceptors (Lipinski definition) is 7. The maximum atomic E-state index is 12.8. The van der Waals surface area contributed by atoms with Crippen molar-refractivity contribution in [3.05, 3.63) is 46.9 Å². The van der Waals surface area contributed by atoms with E-state index in [2.05, 4.69) is 14.9 Å². The lowest BCUT2D eigenvalue weighted by atomic mass is 10.1. The Balaban J connectivity index is 1.67. The van der Waals surface area contributed by atoms with Crippen molar-refractivity contribution in [2.45, 2.75) is 0 Å². The Bertz CT molecular complexity index is 1040. The van der Waals surface area contributed by atoms with Crippen LogP contribution in [0.2, 0.25) is 0 Å². The van der Waals surface area contributed by atoms with Gasteiger partial charge >= 0.3 is 0 Å². The molecule has 1 aromatic carbocycles. The predicted molar refractivity (Wildman–Crippen MR) is 111 cm³/mol. The molecule has 3 aromatic rings. The summed E-state index contributed by atoms with van der Waals surface area (Å²) in [5.41, 5.74) is 7.79. The van der Waals surface area contributed by atoms with Crippen LogP contribution < -0.4 is 30.6 Å². The van der Waals surface area contributed by atoms with Gasteiger partial charge in [-0.3, -0.25) is 4.79 Å². The van der Waals surface area contributed by atoms with Gasteiger partial charge in [-0.2, -0.15) is 0 Å². The summed E-state index contributed by atoms with van der Waals surface area (Å²) in [4.78, 5) is 24.3. The number of H-pyrrole nitrogens is 1. The Hall–Kier alpha value is -3.42. The van der Waals surface area contributed by atoms with Crippen molar-refractivity contribution < 1.29 is 9.47 Å². The number of anilines is 3. The molecule has 1 aliphatic heterocycles. The molecule has 8 nitrogen and oxygen atoms in total. The summed E-state index contributed by atoms with van der Waals surface area (Å²) in [7, 11) is 3.13. The number of piperazine rings is 1. The molecule has 0 spiro atoms. The van der Waals surface area contributed by atoms with Crippen LogP contribution in [0.1, 0.15) is 0 Å². The Morgan fingerprint density at radius 3 is 2.36 bits per heavy atom. The highest BCUT2D eigenvalue weighted by Gasteiger charge is 2.23. The Morgan fingerprint density at radius 2 is 1.71 bits per heavy atom. The lowest BCUT2D eigenvalue weighted by Crippen LogP contribution is -2.48. The second kappa shape index (κ2) is 7.30. The van der Waals surface area contributed by atoms with Gasteiger partial charge in [0.1, 0.15) is 11.5 Å². The molecule has 0 aliphatic carbocycles. The minimum Gasteiger partial charge on any atom is -0.493 e. The maximum Gasteiger partial charge on any atom is 0.274 e. The lowest BCUT2D eigenvalue weighted by molar-refractivity contribution is 0.356. The van der Waals surface area contributed by atoms with E-state index in [0.29, 0.717) is 41.5 Å². The van der Waals surface area contributed by atoms with Gasteiger partial charge in [0, 0.05) is 43.8 Å². The van der Waals surface area contributed by atoms with Crippen LogP contribution in [0.4, 0.5) is 17.2 Å². The summed E-state index contributed by atoms with van der Waals surface area (Å²) >= 11 is 0. The summed E-state index contributed by atoms with van der Waals surface area (Å²) in [6.07, 6.45) is 1.79. The summed E-state index contributed by atoms with van der Waals surface area (Å²) in [5.74, 6) is 2.06. The fraction of sp³-hybridized carbons (Fsp3) is 0.300.